The Morgan fingerprint density at radius 1 is 1.29 bits per heavy atom. The van der Waals surface area contributed by atoms with E-state index in [1.54, 1.807) is 6.92 Å². The number of esters is 1. The van der Waals surface area contributed by atoms with Crippen molar-refractivity contribution < 1.29 is 19.1 Å². The van der Waals surface area contributed by atoms with Crippen molar-refractivity contribution in [2.75, 3.05) is 6.61 Å². The Balaban J connectivity index is 3.33. The maximum Gasteiger partial charge on any atom is 0.346 e. The second kappa shape index (κ2) is 7.16. The van der Waals surface area contributed by atoms with Gasteiger partial charge in [0, 0.05) is 5.69 Å². The summed E-state index contributed by atoms with van der Waals surface area (Å²) >= 11 is 0.783. The highest BCUT2D eigenvalue weighted by atomic mass is 32.2. The molecule has 0 fully saturated rings. The molecule has 0 aromatic carbocycles. The van der Waals surface area contributed by atoms with E-state index in [2.05, 4.69) is 9.97 Å². The average Bonchev–Trinajstić information content (AvgIpc) is 2.34. The predicted molar refractivity (Wildman–Crippen MR) is 76.6 cm³/mol. The van der Waals surface area contributed by atoms with Gasteiger partial charge in [0.25, 0.3) is 0 Å². The summed E-state index contributed by atoms with van der Waals surface area (Å²) in [4.78, 5) is 52.5. The summed E-state index contributed by atoms with van der Waals surface area (Å²) < 4.78 is 4.91. The van der Waals surface area contributed by atoms with Crippen LogP contribution < -0.4 is 5.69 Å². The Labute approximate surface area is 125 Å². The minimum absolute atomic E-state index is 0.0186. The quantitative estimate of drug-likeness (QED) is 0.360. The molecule has 114 valence electrons. The van der Waals surface area contributed by atoms with Crippen LogP contribution in [-0.2, 0) is 14.3 Å². The topological polar surface area (TPSA) is 106 Å². The number of hydrogen-bond acceptors (Lipinski definition) is 7. The summed E-state index contributed by atoms with van der Waals surface area (Å²) in [6, 6.07) is 0. The third kappa shape index (κ3) is 4.25. The molecular weight excluding hydrogens is 296 g/mol. The van der Waals surface area contributed by atoms with E-state index in [9.17, 15) is 19.2 Å². The fourth-order valence-electron chi connectivity index (χ4n) is 1.65. The Hall–Kier alpha value is -1.96. The highest BCUT2D eigenvalue weighted by Crippen LogP contribution is 2.27. The molecule has 0 aliphatic heterocycles. The van der Waals surface area contributed by atoms with Crippen LogP contribution >= 0.6 is 11.8 Å². The number of nitrogens with one attached hydrogen (secondary N) is 1. The van der Waals surface area contributed by atoms with E-state index < -0.39 is 16.9 Å². The van der Waals surface area contributed by atoms with Gasteiger partial charge in [0.05, 0.1) is 6.61 Å². The molecule has 0 spiro atoms. The largest absolute Gasteiger partial charge is 0.462 e. The molecule has 21 heavy (non-hydrogen) atoms. The van der Waals surface area contributed by atoms with Crippen molar-refractivity contribution in [2.24, 2.45) is 0 Å². The number of aryl methyl sites for hydroxylation is 1. The number of Topliss-reactive ketones (excluding diaryl/α,β-unsaturated/α-hetero) is 2. The fourth-order valence-corrected chi connectivity index (χ4v) is 2.70. The lowest BCUT2D eigenvalue weighted by molar-refractivity contribution is -0.123. The zero-order valence-corrected chi connectivity index (χ0v) is 13.0. The standard InChI is InChI=1S/C13H16N2O5S/c1-5-20-12(18)9-6(2)14-13(19)15-11(9)21-10(7(3)16)8(4)17/h10H,5H2,1-4H3,(H,14,15,19). The van der Waals surface area contributed by atoms with E-state index >= 15 is 0 Å². The van der Waals surface area contributed by atoms with E-state index in [4.69, 9.17) is 4.74 Å². The summed E-state index contributed by atoms with van der Waals surface area (Å²) in [6.07, 6.45) is 0. The van der Waals surface area contributed by atoms with Gasteiger partial charge in [-0.25, -0.2) is 9.59 Å². The summed E-state index contributed by atoms with van der Waals surface area (Å²) in [5.74, 6) is -1.41. The molecule has 1 N–H and O–H groups in total. The molecule has 1 rings (SSSR count). The van der Waals surface area contributed by atoms with Crippen LogP contribution in [0.1, 0.15) is 36.8 Å². The second-order valence-electron chi connectivity index (χ2n) is 4.29. The highest BCUT2D eigenvalue weighted by molar-refractivity contribution is 8.01. The number of ketones is 2. The number of hydrogen-bond donors (Lipinski definition) is 1. The average molecular weight is 312 g/mol. The Kier molecular flexibility index (Phi) is 5.83. The van der Waals surface area contributed by atoms with Gasteiger partial charge < -0.3 is 9.72 Å². The maximum absolute atomic E-state index is 12.0. The van der Waals surface area contributed by atoms with Gasteiger partial charge in [-0.15, -0.1) is 0 Å². The van der Waals surface area contributed by atoms with Gasteiger partial charge in [0.15, 0.2) is 11.6 Å². The van der Waals surface area contributed by atoms with Crippen molar-refractivity contribution in [1.82, 2.24) is 9.97 Å². The molecule has 7 nitrogen and oxygen atoms in total. The second-order valence-corrected chi connectivity index (χ2v) is 5.38. The van der Waals surface area contributed by atoms with Crippen LogP contribution in [0.2, 0.25) is 0 Å². The van der Waals surface area contributed by atoms with Gasteiger partial charge in [-0.05, 0) is 27.7 Å². The zero-order valence-electron chi connectivity index (χ0n) is 12.2. The van der Waals surface area contributed by atoms with Crippen LogP contribution in [0.3, 0.4) is 0 Å². The lowest BCUT2D eigenvalue weighted by Crippen LogP contribution is -2.25. The molecule has 1 aromatic rings. The normalized spacial score (nSPS) is 10.5. The third-order valence-electron chi connectivity index (χ3n) is 2.53. The van der Waals surface area contributed by atoms with Gasteiger partial charge >= 0.3 is 11.7 Å². The first kappa shape index (κ1) is 17.1. The smallest absolute Gasteiger partial charge is 0.346 e. The minimum atomic E-state index is -1.01. The molecule has 1 heterocycles. The molecule has 0 bridgehead atoms. The van der Waals surface area contributed by atoms with E-state index in [0.29, 0.717) is 0 Å². The lowest BCUT2D eigenvalue weighted by Gasteiger charge is -2.13. The molecule has 0 saturated heterocycles. The minimum Gasteiger partial charge on any atom is -0.462 e. The molecule has 0 atom stereocenters. The van der Waals surface area contributed by atoms with Crippen LogP contribution in [0.5, 0.6) is 0 Å². The third-order valence-corrected chi connectivity index (χ3v) is 3.95. The molecule has 1 aromatic heterocycles. The van der Waals surface area contributed by atoms with Gasteiger partial charge in [0.2, 0.25) is 0 Å². The van der Waals surface area contributed by atoms with Crippen molar-refractivity contribution in [3.05, 3.63) is 21.7 Å². The number of aromatic nitrogens is 2. The van der Waals surface area contributed by atoms with Gasteiger partial charge in [-0.3, -0.25) is 9.59 Å². The van der Waals surface area contributed by atoms with E-state index in [1.165, 1.54) is 20.8 Å². The molecule has 0 aliphatic rings. The van der Waals surface area contributed by atoms with Crippen molar-refractivity contribution in [2.45, 2.75) is 38.0 Å². The zero-order chi connectivity index (χ0) is 16.2. The number of aromatic amines is 1. The van der Waals surface area contributed by atoms with Crippen LogP contribution in [-0.4, -0.2) is 39.4 Å². The van der Waals surface area contributed by atoms with Crippen molar-refractivity contribution in [3.63, 3.8) is 0 Å². The summed E-state index contributed by atoms with van der Waals surface area (Å²) in [6.45, 7) is 5.86. The molecule has 0 radical (unpaired) electrons. The molecule has 0 unspecified atom stereocenters. The fraction of sp³-hybridized carbons (Fsp3) is 0.462. The van der Waals surface area contributed by atoms with Crippen LogP contribution in [0.4, 0.5) is 0 Å². The maximum atomic E-state index is 12.0. The van der Waals surface area contributed by atoms with E-state index in [0.717, 1.165) is 11.8 Å². The highest BCUT2D eigenvalue weighted by Gasteiger charge is 2.27. The van der Waals surface area contributed by atoms with Crippen molar-refractivity contribution in [1.29, 1.82) is 0 Å². The number of carbonyl (C=O) groups is 3. The summed E-state index contributed by atoms with van der Waals surface area (Å²) in [7, 11) is 0. The van der Waals surface area contributed by atoms with Gasteiger partial charge in [0.1, 0.15) is 15.8 Å². The van der Waals surface area contributed by atoms with Crippen molar-refractivity contribution in [3.8, 4) is 0 Å². The van der Waals surface area contributed by atoms with Crippen molar-refractivity contribution >= 4 is 29.3 Å². The van der Waals surface area contributed by atoms with Crippen LogP contribution in [0.25, 0.3) is 0 Å². The molecule has 0 amide bonds. The first-order valence-electron chi connectivity index (χ1n) is 6.23. The monoisotopic (exact) mass is 312 g/mol. The van der Waals surface area contributed by atoms with Gasteiger partial charge in [-0.1, -0.05) is 11.8 Å². The predicted octanol–water partition coefficient (Wildman–Crippen LogP) is 0.894. The molecule has 8 heteroatoms. The Morgan fingerprint density at radius 3 is 2.33 bits per heavy atom. The summed E-state index contributed by atoms with van der Waals surface area (Å²) in [5, 5.41) is -0.989. The first-order chi connectivity index (χ1) is 9.77. The van der Waals surface area contributed by atoms with E-state index in [1.807, 2.05) is 0 Å². The molecule has 0 aliphatic carbocycles. The number of nitrogens with zero attached hydrogens (tertiary/aromatic N) is 1. The number of thioether (sulfide) groups is 1. The summed E-state index contributed by atoms with van der Waals surface area (Å²) in [5.41, 5.74) is -0.315. The molecule has 0 saturated carbocycles. The molecular formula is C13H16N2O5S. The van der Waals surface area contributed by atoms with Crippen LogP contribution in [0, 0.1) is 6.92 Å². The Bertz CT molecular complexity index is 624. The number of rotatable bonds is 6. The number of carbonyl (C=O) groups excluding carboxylic acids is 3. The van der Waals surface area contributed by atoms with E-state index in [-0.39, 0.29) is 34.5 Å². The number of ether oxygens (including phenoxy) is 1. The SMILES string of the molecule is CCOC(=O)c1c(SC(C(C)=O)C(C)=O)nc(=O)[nH]c1C. The lowest BCUT2D eigenvalue weighted by atomic mass is 10.2. The number of H-pyrrole nitrogens is 1. The Morgan fingerprint density at radius 2 is 1.86 bits per heavy atom. The first-order valence-corrected chi connectivity index (χ1v) is 7.11. The van der Waals surface area contributed by atoms with Crippen LogP contribution in [0.15, 0.2) is 9.82 Å². The van der Waals surface area contributed by atoms with Gasteiger partial charge in [-0.2, -0.15) is 4.98 Å².